The third-order valence-corrected chi connectivity index (χ3v) is 11.3. The van der Waals surface area contributed by atoms with Crippen LogP contribution in [-0.4, -0.2) is 9.13 Å². The van der Waals surface area contributed by atoms with Crippen molar-refractivity contribution in [2.45, 2.75) is 0 Å². The van der Waals surface area contributed by atoms with Crippen molar-refractivity contribution in [2.75, 3.05) is 0 Å². The van der Waals surface area contributed by atoms with Gasteiger partial charge in [-0.05, 0) is 72.8 Å². The topological polar surface area (TPSA) is 49.3 Å². The van der Waals surface area contributed by atoms with Gasteiger partial charge in [0.1, 0.15) is 33.5 Å². The van der Waals surface area contributed by atoms with Crippen LogP contribution in [-0.2, 0) is 0 Å². The Morgan fingerprint density at radius 1 is 0.264 bits per heavy atom. The highest BCUT2D eigenvalue weighted by Gasteiger charge is 2.24. The maximum atomic E-state index is 7.22. The number of benzene rings is 8. The van der Waals surface area contributed by atoms with Crippen LogP contribution in [0, 0.1) is 0 Å². The largest absolute Gasteiger partial charge is 0.456 e. The molecule has 0 saturated heterocycles. The van der Waals surface area contributed by atoms with Gasteiger partial charge in [0.05, 0.1) is 55.0 Å². The molecular formula is C48H26N2O3. The van der Waals surface area contributed by atoms with Crippen molar-refractivity contribution in [3.05, 3.63) is 158 Å². The zero-order chi connectivity index (χ0) is 34.4. The predicted octanol–water partition coefficient (Wildman–Crippen LogP) is 13.6. The molecule has 5 heterocycles. The molecule has 246 valence electrons. The van der Waals surface area contributed by atoms with E-state index in [2.05, 4.69) is 143 Å². The molecule has 0 spiro atoms. The SMILES string of the molecule is c1ccc2c(c1)oc1cccc(-n3c4ccccc4c4c5oc6c(ccc7c6c6ccccc6n7-c6cccc7oc8ccccc8c67)c5ccc43)c12. The van der Waals surface area contributed by atoms with Crippen LogP contribution in [0.3, 0.4) is 0 Å². The second kappa shape index (κ2) is 9.75. The summed E-state index contributed by atoms with van der Waals surface area (Å²) < 4.78 is 24.6. The predicted molar refractivity (Wildman–Crippen MR) is 217 cm³/mol. The molecule has 0 aliphatic rings. The smallest absolute Gasteiger partial charge is 0.145 e. The fraction of sp³-hybridized carbons (Fsp3) is 0. The Kier molecular flexibility index (Phi) is 5.06. The van der Waals surface area contributed by atoms with E-state index in [9.17, 15) is 0 Å². The minimum Gasteiger partial charge on any atom is -0.456 e. The summed E-state index contributed by atoms with van der Waals surface area (Å²) in [6.07, 6.45) is 0. The maximum absolute atomic E-state index is 7.22. The van der Waals surface area contributed by atoms with E-state index in [1.54, 1.807) is 0 Å². The first kappa shape index (κ1) is 27.5. The molecule has 5 aromatic heterocycles. The van der Waals surface area contributed by atoms with Crippen molar-refractivity contribution in [1.82, 2.24) is 9.13 Å². The number of para-hydroxylation sites is 4. The average Bonchev–Trinajstić information content (AvgIpc) is 4.01. The average molecular weight is 679 g/mol. The van der Waals surface area contributed by atoms with E-state index < -0.39 is 0 Å². The summed E-state index contributed by atoms with van der Waals surface area (Å²) in [5.74, 6) is 0. The van der Waals surface area contributed by atoms with Crippen molar-refractivity contribution in [2.24, 2.45) is 0 Å². The molecule has 0 fully saturated rings. The van der Waals surface area contributed by atoms with Gasteiger partial charge in [-0.1, -0.05) is 84.9 Å². The minimum atomic E-state index is 0.873. The quantitative estimate of drug-likeness (QED) is 0.183. The molecule has 13 rings (SSSR count). The van der Waals surface area contributed by atoms with Gasteiger partial charge in [-0.3, -0.25) is 0 Å². The first-order valence-corrected chi connectivity index (χ1v) is 17.9. The number of hydrogen-bond acceptors (Lipinski definition) is 3. The van der Waals surface area contributed by atoms with Crippen LogP contribution in [0.2, 0.25) is 0 Å². The van der Waals surface area contributed by atoms with Crippen molar-refractivity contribution >= 4 is 109 Å². The number of fused-ring (bicyclic) bond motifs is 17. The highest BCUT2D eigenvalue weighted by atomic mass is 16.3. The summed E-state index contributed by atoms with van der Waals surface area (Å²) in [6.45, 7) is 0. The van der Waals surface area contributed by atoms with Crippen molar-refractivity contribution < 1.29 is 13.3 Å². The summed E-state index contributed by atoms with van der Waals surface area (Å²) in [5, 5.41) is 11.1. The zero-order valence-electron chi connectivity index (χ0n) is 28.1. The Morgan fingerprint density at radius 3 is 1.17 bits per heavy atom. The molecule has 0 saturated carbocycles. The number of rotatable bonds is 2. The summed E-state index contributed by atoms with van der Waals surface area (Å²) in [7, 11) is 0. The van der Waals surface area contributed by atoms with Gasteiger partial charge in [0.15, 0.2) is 0 Å². The van der Waals surface area contributed by atoms with Gasteiger partial charge in [-0.2, -0.15) is 0 Å². The van der Waals surface area contributed by atoms with E-state index in [4.69, 9.17) is 13.3 Å². The van der Waals surface area contributed by atoms with Crippen LogP contribution in [0.5, 0.6) is 0 Å². The molecule has 13 aromatic rings. The molecule has 0 bridgehead atoms. The Balaban J connectivity index is 1.16. The minimum absolute atomic E-state index is 0.873. The van der Waals surface area contributed by atoms with E-state index in [1.165, 1.54) is 0 Å². The highest BCUT2D eigenvalue weighted by Crippen LogP contribution is 2.46. The molecule has 8 aromatic carbocycles. The third kappa shape index (κ3) is 3.42. The van der Waals surface area contributed by atoms with Crippen LogP contribution in [0.1, 0.15) is 0 Å². The fourth-order valence-electron chi connectivity index (χ4n) is 9.20. The van der Waals surface area contributed by atoms with E-state index in [1.807, 2.05) is 24.3 Å². The van der Waals surface area contributed by atoms with Crippen molar-refractivity contribution in [3.8, 4) is 11.4 Å². The second-order valence-corrected chi connectivity index (χ2v) is 14.0. The molecule has 0 radical (unpaired) electrons. The zero-order valence-corrected chi connectivity index (χ0v) is 28.1. The number of furan rings is 3. The van der Waals surface area contributed by atoms with Gasteiger partial charge in [-0.25, -0.2) is 0 Å². The standard InChI is InChI=1S/C48H26N2O3/c1-5-15-33-29(11-1)45-37(49(33)35-17-9-21-41-43(35)31-13-3-7-19-39(31)51-41)25-23-27-28-24-26-38-46(48(28)53-47(27)45)30-12-2-6-16-34(30)50(38)36-18-10-22-42-44(36)32-14-4-8-20-40(32)52-42/h1-26H. The lowest BCUT2D eigenvalue weighted by Crippen LogP contribution is -1.94. The molecule has 5 heteroatoms. The number of nitrogens with zero attached hydrogens (tertiary/aromatic N) is 2. The first-order chi connectivity index (χ1) is 26.3. The van der Waals surface area contributed by atoms with Crippen LogP contribution >= 0.6 is 0 Å². The van der Waals surface area contributed by atoms with Gasteiger partial charge in [0, 0.05) is 32.3 Å². The summed E-state index contributed by atoms with van der Waals surface area (Å²) in [5.41, 5.74) is 11.9. The van der Waals surface area contributed by atoms with Crippen LogP contribution in [0.15, 0.2) is 171 Å². The fourth-order valence-corrected chi connectivity index (χ4v) is 9.20. The second-order valence-electron chi connectivity index (χ2n) is 14.0. The van der Waals surface area contributed by atoms with Crippen molar-refractivity contribution in [3.63, 3.8) is 0 Å². The molecule has 0 aliphatic carbocycles. The molecule has 0 unspecified atom stereocenters. The maximum Gasteiger partial charge on any atom is 0.145 e. The van der Waals surface area contributed by atoms with Gasteiger partial charge in [0.2, 0.25) is 0 Å². The van der Waals surface area contributed by atoms with Crippen LogP contribution in [0.25, 0.3) is 121 Å². The molecule has 0 amide bonds. The molecular weight excluding hydrogens is 653 g/mol. The normalized spacial score (nSPS) is 12.5. The van der Waals surface area contributed by atoms with Crippen molar-refractivity contribution in [1.29, 1.82) is 0 Å². The highest BCUT2D eigenvalue weighted by molar-refractivity contribution is 6.29. The number of hydrogen-bond donors (Lipinski definition) is 0. The lowest BCUT2D eigenvalue weighted by atomic mass is 10.1. The van der Waals surface area contributed by atoms with Crippen LogP contribution < -0.4 is 0 Å². The van der Waals surface area contributed by atoms with Gasteiger partial charge in [-0.15, -0.1) is 0 Å². The van der Waals surface area contributed by atoms with Gasteiger partial charge in [0.25, 0.3) is 0 Å². The molecule has 0 atom stereocenters. The molecule has 0 N–H and O–H groups in total. The third-order valence-electron chi connectivity index (χ3n) is 11.3. The summed E-state index contributed by atoms with van der Waals surface area (Å²) >= 11 is 0. The van der Waals surface area contributed by atoms with E-state index >= 15 is 0 Å². The van der Waals surface area contributed by atoms with E-state index in [0.29, 0.717) is 0 Å². The Hall–Kier alpha value is -7.24. The Morgan fingerprint density at radius 2 is 0.679 bits per heavy atom. The van der Waals surface area contributed by atoms with Gasteiger partial charge >= 0.3 is 0 Å². The lowest BCUT2D eigenvalue weighted by molar-refractivity contribution is 0.668. The van der Waals surface area contributed by atoms with E-state index in [-0.39, 0.29) is 0 Å². The molecule has 0 aliphatic heterocycles. The Labute approximate surface area is 300 Å². The lowest BCUT2D eigenvalue weighted by Gasteiger charge is -2.09. The summed E-state index contributed by atoms with van der Waals surface area (Å²) in [4.78, 5) is 0. The van der Waals surface area contributed by atoms with E-state index in [0.717, 1.165) is 121 Å². The number of aromatic nitrogens is 2. The van der Waals surface area contributed by atoms with Gasteiger partial charge < -0.3 is 22.4 Å². The Bertz CT molecular complexity index is 3450. The van der Waals surface area contributed by atoms with Crippen LogP contribution in [0.4, 0.5) is 0 Å². The first-order valence-electron chi connectivity index (χ1n) is 17.9. The molecule has 53 heavy (non-hydrogen) atoms. The monoisotopic (exact) mass is 678 g/mol. The molecule has 5 nitrogen and oxygen atoms in total. The summed E-state index contributed by atoms with van der Waals surface area (Å²) in [6, 6.07) is 55.5.